The highest BCUT2D eigenvalue weighted by molar-refractivity contribution is 7.92. The Morgan fingerprint density at radius 3 is 2.18 bits per heavy atom. The van der Waals surface area contributed by atoms with Crippen molar-refractivity contribution in [1.29, 1.82) is 0 Å². The van der Waals surface area contributed by atoms with Crippen molar-refractivity contribution < 1.29 is 12.9 Å². The van der Waals surface area contributed by atoms with Gasteiger partial charge in [0.25, 0.3) is 10.0 Å². The monoisotopic (exact) mass is 323 g/mol. The van der Waals surface area contributed by atoms with Gasteiger partial charge in [0.2, 0.25) is 0 Å². The van der Waals surface area contributed by atoms with E-state index >= 15 is 0 Å². The lowest BCUT2D eigenvalue weighted by Gasteiger charge is -2.21. The number of benzene rings is 1. The van der Waals surface area contributed by atoms with Gasteiger partial charge in [-0.15, -0.1) is 0 Å². The zero-order valence-corrected chi connectivity index (χ0v) is 14.1. The Labute approximate surface area is 131 Å². The van der Waals surface area contributed by atoms with E-state index in [1.54, 1.807) is 26.0 Å². The number of rotatable bonds is 6. The minimum Gasteiger partial charge on any atom is -0.372 e. The maximum Gasteiger partial charge on any atom is 0.267 e. The summed E-state index contributed by atoms with van der Waals surface area (Å²) in [7, 11) is -3.70. The Hall–Kier alpha value is -2.02. The van der Waals surface area contributed by atoms with Crippen molar-refractivity contribution >= 4 is 21.4 Å². The molecule has 1 aromatic heterocycles. The molecule has 2 aromatic rings. The summed E-state index contributed by atoms with van der Waals surface area (Å²) in [6.45, 7) is 9.16. The summed E-state index contributed by atoms with van der Waals surface area (Å²) >= 11 is 0. The van der Waals surface area contributed by atoms with Crippen LogP contribution >= 0.6 is 0 Å². The van der Waals surface area contributed by atoms with E-state index in [9.17, 15) is 8.42 Å². The van der Waals surface area contributed by atoms with Crippen LogP contribution in [-0.2, 0) is 10.0 Å². The molecule has 0 fully saturated rings. The second kappa shape index (κ2) is 6.39. The van der Waals surface area contributed by atoms with Crippen LogP contribution in [-0.4, -0.2) is 26.7 Å². The number of aryl methyl sites for hydroxylation is 2. The van der Waals surface area contributed by atoms with Gasteiger partial charge >= 0.3 is 0 Å². The van der Waals surface area contributed by atoms with Crippen LogP contribution in [0.3, 0.4) is 0 Å². The minimum absolute atomic E-state index is 0.0975. The molecule has 0 unspecified atom stereocenters. The second-order valence-corrected chi connectivity index (χ2v) is 6.60. The van der Waals surface area contributed by atoms with Crippen molar-refractivity contribution in [2.24, 2.45) is 0 Å². The number of nitrogens with one attached hydrogen (secondary N) is 1. The van der Waals surface area contributed by atoms with Gasteiger partial charge in [0, 0.05) is 24.5 Å². The molecule has 1 heterocycles. The SMILES string of the molecule is CCN(CC)c1ccc(NS(=O)(=O)c2c(C)noc2C)cc1. The number of aromatic nitrogens is 1. The number of hydrogen-bond acceptors (Lipinski definition) is 5. The highest BCUT2D eigenvalue weighted by Gasteiger charge is 2.24. The zero-order valence-electron chi connectivity index (χ0n) is 13.3. The largest absolute Gasteiger partial charge is 0.372 e. The Balaban J connectivity index is 2.24. The molecule has 0 spiro atoms. The van der Waals surface area contributed by atoms with E-state index in [0.29, 0.717) is 11.4 Å². The van der Waals surface area contributed by atoms with Crippen molar-refractivity contribution in [3.8, 4) is 0 Å². The number of sulfonamides is 1. The molecule has 2 rings (SSSR count). The van der Waals surface area contributed by atoms with E-state index < -0.39 is 10.0 Å². The first-order valence-corrected chi connectivity index (χ1v) is 8.68. The van der Waals surface area contributed by atoms with E-state index in [-0.39, 0.29) is 10.7 Å². The van der Waals surface area contributed by atoms with Crippen molar-refractivity contribution in [2.75, 3.05) is 22.7 Å². The van der Waals surface area contributed by atoms with E-state index in [2.05, 4.69) is 28.6 Å². The molecule has 22 heavy (non-hydrogen) atoms. The highest BCUT2D eigenvalue weighted by atomic mass is 32.2. The Morgan fingerprint density at radius 1 is 1.14 bits per heavy atom. The first-order valence-electron chi connectivity index (χ1n) is 7.19. The van der Waals surface area contributed by atoms with Crippen molar-refractivity contribution in [3.63, 3.8) is 0 Å². The number of anilines is 2. The molecule has 1 aromatic carbocycles. The zero-order chi connectivity index (χ0) is 16.3. The molecule has 0 aliphatic heterocycles. The van der Waals surface area contributed by atoms with Gasteiger partial charge in [0.1, 0.15) is 5.69 Å². The molecule has 0 bridgehead atoms. The second-order valence-electron chi connectivity index (χ2n) is 4.98. The Morgan fingerprint density at radius 2 is 1.73 bits per heavy atom. The topological polar surface area (TPSA) is 75.4 Å². The summed E-state index contributed by atoms with van der Waals surface area (Å²) < 4.78 is 32.3. The summed E-state index contributed by atoms with van der Waals surface area (Å²) in [5.74, 6) is 0.282. The molecule has 0 saturated carbocycles. The fourth-order valence-corrected chi connectivity index (χ4v) is 3.78. The van der Waals surface area contributed by atoms with Gasteiger partial charge < -0.3 is 9.42 Å². The van der Waals surface area contributed by atoms with Crippen molar-refractivity contribution in [1.82, 2.24) is 5.16 Å². The van der Waals surface area contributed by atoms with Gasteiger partial charge in [0.15, 0.2) is 10.7 Å². The molecular formula is C15H21N3O3S. The summed E-state index contributed by atoms with van der Waals surface area (Å²) in [4.78, 5) is 2.28. The van der Waals surface area contributed by atoms with E-state index in [1.807, 2.05) is 12.1 Å². The van der Waals surface area contributed by atoms with Gasteiger partial charge in [-0.05, 0) is 52.0 Å². The predicted molar refractivity (Wildman–Crippen MR) is 86.8 cm³/mol. The summed E-state index contributed by atoms with van der Waals surface area (Å²) in [6.07, 6.45) is 0. The predicted octanol–water partition coefficient (Wildman–Crippen LogP) is 2.94. The van der Waals surface area contributed by atoms with Crippen LogP contribution in [0.25, 0.3) is 0 Å². The minimum atomic E-state index is -3.70. The van der Waals surface area contributed by atoms with E-state index in [0.717, 1.165) is 18.8 Å². The Kier molecular flexibility index (Phi) is 4.75. The summed E-state index contributed by atoms with van der Waals surface area (Å²) in [5, 5.41) is 3.68. The van der Waals surface area contributed by atoms with Gasteiger partial charge in [-0.25, -0.2) is 8.42 Å². The molecule has 0 aliphatic rings. The molecule has 7 heteroatoms. The molecular weight excluding hydrogens is 302 g/mol. The lowest BCUT2D eigenvalue weighted by molar-refractivity contribution is 0.390. The van der Waals surface area contributed by atoms with Crippen LogP contribution in [0.2, 0.25) is 0 Å². The molecule has 0 atom stereocenters. The maximum absolute atomic E-state index is 12.4. The van der Waals surface area contributed by atoms with E-state index in [4.69, 9.17) is 4.52 Å². The lowest BCUT2D eigenvalue weighted by atomic mass is 10.2. The average molecular weight is 323 g/mol. The number of hydrogen-bond donors (Lipinski definition) is 1. The third kappa shape index (κ3) is 3.24. The van der Waals surface area contributed by atoms with Gasteiger partial charge in [-0.2, -0.15) is 0 Å². The number of nitrogens with zero attached hydrogens (tertiary/aromatic N) is 2. The molecule has 6 nitrogen and oxygen atoms in total. The molecule has 0 radical (unpaired) electrons. The van der Waals surface area contributed by atoms with E-state index in [1.165, 1.54) is 0 Å². The van der Waals surface area contributed by atoms with Gasteiger partial charge in [0.05, 0.1) is 0 Å². The first kappa shape index (κ1) is 16.4. The molecule has 120 valence electrons. The third-order valence-electron chi connectivity index (χ3n) is 3.48. The summed E-state index contributed by atoms with van der Waals surface area (Å²) in [6, 6.07) is 7.31. The van der Waals surface area contributed by atoms with Crippen LogP contribution in [0, 0.1) is 13.8 Å². The molecule has 0 aliphatic carbocycles. The van der Waals surface area contributed by atoms with Gasteiger partial charge in [-0.3, -0.25) is 4.72 Å². The normalized spacial score (nSPS) is 11.5. The van der Waals surface area contributed by atoms with Crippen LogP contribution in [0.4, 0.5) is 11.4 Å². The quantitative estimate of drug-likeness (QED) is 0.884. The van der Waals surface area contributed by atoms with Crippen molar-refractivity contribution in [3.05, 3.63) is 35.7 Å². The smallest absolute Gasteiger partial charge is 0.267 e. The standard InChI is InChI=1S/C15H21N3O3S/c1-5-18(6-2)14-9-7-13(8-10-14)17-22(19,20)15-11(3)16-21-12(15)4/h7-10,17H,5-6H2,1-4H3. The highest BCUT2D eigenvalue weighted by Crippen LogP contribution is 2.24. The maximum atomic E-state index is 12.4. The van der Waals surface area contributed by atoms with Crippen LogP contribution in [0.1, 0.15) is 25.3 Å². The molecule has 0 saturated heterocycles. The molecule has 1 N–H and O–H groups in total. The van der Waals surface area contributed by atoms with Crippen molar-refractivity contribution in [2.45, 2.75) is 32.6 Å². The van der Waals surface area contributed by atoms with Gasteiger partial charge in [-0.1, -0.05) is 5.16 Å². The fraction of sp³-hybridized carbons (Fsp3) is 0.400. The molecule has 0 amide bonds. The van der Waals surface area contributed by atoms with Crippen LogP contribution < -0.4 is 9.62 Å². The van der Waals surface area contributed by atoms with Crippen LogP contribution in [0.15, 0.2) is 33.7 Å². The average Bonchev–Trinajstić information content (AvgIpc) is 2.81. The first-order chi connectivity index (χ1) is 10.4. The lowest BCUT2D eigenvalue weighted by Crippen LogP contribution is -2.21. The summed E-state index contributed by atoms with van der Waals surface area (Å²) in [5.41, 5.74) is 1.92. The Bertz CT molecular complexity index is 712. The van der Waals surface area contributed by atoms with Crippen LogP contribution in [0.5, 0.6) is 0 Å². The fourth-order valence-electron chi connectivity index (χ4n) is 2.39. The third-order valence-corrected chi connectivity index (χ3v) is 5.11.